The van der Waals surface area contributed by atoms with Crippen LogP contribution in [0.5, 0.6) is 0 Å². The van der Waals surface area contributed by atoms with E-state index in [0.717, 1.165) is 25.7 Å². The summed E-state index contributed by atoms with van der Waals surface area (Å²) in [5.74, 6) is -0.325. The zero-order chi connectivity index (χ0) is 14.0. The van der Waals surface area contributed by atoms with Crippen LogP contribution >= 0.6 is 0 Å². The molecule has 1 aliphatic carbocycles. The molecule has 1 saturated heterocycles. The van der Waals surface area contributed by atoms with E-state index in [1.54, 1.807) is 0 Å². The van der Waals surface area contributed by atoms with Crippen molar-refractivity contribution in [2.24, 2.45) is 11.8 Å². The molecular weight excluding hydrogens is 268 g/mol. The van der Waals surface area contributed by atoms with Gasteiger partial charge >= 0.3 is 5.97 Å². The van der Waals surface area contributed by atoms with Crippen LogP contribution in [0.1, 0.15) is 25.7 Å². The highest BCUT2D eigenvalue weighted by Crippen LogP contribution is 2.33. The predicted octanol–water partition coefficient (Wildman–Crippen LogP) is 0.111. The minimum Gasteiger partial charge on any atom is -0.480 e. The Balaban J connectivity index is 1.83. The fourth-order valence-electron chi connectivity index (χ4n) is 2.67. The number of hydrogen-bond donors (Lipinski definition) is 2. The minimum absolute atomic E-state index is 0.212. The van der Waals surface area contributed by atoms with Gasteiger partial charge in [-0.3, -0.25) is 4.79 Å². The molecule has 0 bridgehead atoms. The highest BCUT2D eigenvalue weighted by atomic mass is 32.2. The number of hydrogen-bond acceptors (Lipinski definition) is 4. The molecule has 7 heteroatoms. The Hall–Kier alpha value is -0.660. The molecule has 0 aromatic rings. The van der Waals surface area contributed by atoms with Crippen LogP contribution in [0.2, 0.25) is 0 Å². The molecule has 0 radical (unpaired) electrons. The molecular formula is C12H22N2O4S. The maximum Gasteiger partial charge on any atom is 0.320 e. The van der Waals surface area contributed by atoms with Gasteiger partial charge in [0.05, 0.1) is 6.26 Å². The molecule has 2 unspecified atom stereocenters. The zero-order valence-corrected chi connectivity index (χ0v) is 12.0. The van der Waals surface area contributed by atoms with E-state index in [1.807, 2.05) is 0 Å². The number of rotatable bonds is 6. The summed E-state index contributed by atoms with van der Waals surface area (Å²) < 4.78 is 24.5. The number of sulfonamides is 1. The highest BCUT2D eigenvalue weighted by molar-refractivity contribution is 7.88. The molecule has 1 heterocycles. The maximum absolute atomic E-state index is 11.5. The number of carbonyl (C=O) groups is 1. The molecule has 2 N–H and O–H groups in total. The standard InChI is InChI=1S/C12H22N2O4S/c1-19(17,18)14-6-2-3-9(8-14)7-13-11(12(15)16)10-4-5-10/h9-11,13H,2-8H2,1H3,(H,15,16). The molecule has 2 atom stereocenters. The molecule has 0 spiro atoms. The van der Waals surface area contributed by atoms with Crippen LogP contribution in [-0.2, 0) is 14.8 Å². The number of aliphatic carboxylic acids is 1. The van der Waals surface area contributed by atoms with Gasteiger partial charge < -0.3 is 10.4 Å². The third kappa shape index (κ3) is 4.15. The number of carboxylic acid groups (broad SMARTS) is 1. The summed E-state index contributed by atoms with van der Waals surface area (Å²) in [6.07, 6.45) is 4.98. The molecule has 110 valence electrons. The van der Waals surface area contributed by atoms with E-state index in [1.165, 1.54) is 10.6 Å². The van der Waals surface area contributed by atoms with Crippen LogP contribution in [0.15, 0.2) is 0 Å². The average Bonchev–Trinajstić information content (AvgIpc) is 3.12. The molecule has 2 rings (SSSR count). The Morgan fingerprint density at radius 3 is 2.63 bits per heavy atom. The highest BCUT2D eigenvalue weighted by Gasteiger charge is 2.36. The van der Waals surface area contributed by atoms with Crippen molar-refractivity contribution in [2.75, 3.05) is 25.9 Å². The van der Waals surface area contributed by atoms with E-state index in [2.05, 4.69) is 5.32 Å². The minimum atomic E-state index is -3.13. The summed E-state index contributed by atoms with van der Waals surface area (Å²) in [7, 11) is -3.13. The molecule has 1 aliphatic heterocycles. The molecule has 2 fully saturated rings. The summed E-state index contributed by atoms with van der Waals surface area (Å²) in [6, 6.07) is -0.464. The van der Waals surface area contributed by atoms with E-state index in [0.29, 0.717) is 19.6 Å². The molecule has 2 aliphatic rings. The fourth-order valence-corrected chi connectivity index (χ4v) is 3.62. The van der Waals surface area contributed by atoms with Crippen LogP contribution in [0.3, 0.4) is 0 Å². The largest absolute Gasteiger partial charge is 0.480 e. The van der Waals surface area contributed by atoms with Crippen molar-refractivity contribution in [1.29, 1.82) is 0 Å². The van der Waals surface area contributed by atoms with Crippen molar-refractivity contribution in [3.8, 4) is 0 Å². The van der Waals surface area contributed by atoms with Crippen LogP contribution < -0.4 is 5.32 Å². The molecule has 0 aromatic heterocycles. The number of nitrogens with zero attached hydrogens (tertiary/aromatic N) is 1. The molecule has 6 nitrogen and oxygen atoms in total. The van der Waals surface area contributed by atoms with E-state index < -0.39 is 22.0 Å². The van der Waals surface area contributed by atoms with Gasteiger partial charge in [0.1, 0.15) is 6.04 Å². The summed E-state index contributed by atoms with van der Waals surface area (Å²) in [5, 5.41) is 12.2. The van der Waals surface area contributed by atoms with Gasteiger partial charge in [-0.15, -0.1) is 0 Å². The summed E-state index contributed by atoms with van der Waals surface area (Å²) in [4.78, 5) is 11.1. The van der Waals surface area contributed by atoms with Crippen molar-refractivity contribution in [3.63, 3.8) is 0 Å². The molecule has 0 amide bonds. The van der Waals surface area contributed by atoms with Crippen molar-refractivity contribution in [2.45, 2.75) is 31.7 Å². The quantitative estimate of drug-likeness (QED) is 0.725. The Kier molecular flexibility index (Phi) is 4.47. The van der Waals surface area contributed by atoms with E-state index in [9.17, 15) is 13.2 Å². The lowest BCUT2D eigenvalue weighted by atomic mass is 9.99. The molecule has 19 heavy (non-hydrogen) atoms. The monoisotopic (exact) mass is 290 g/mol. The van der Waals surface area contributed by atoms with Crippen molar-refractivity contribution >= 4 is 16.0 Å². The lowest BCUT2D eigenvalue weighted by molar-refractivity contribution is -0.140. The van der Waals surface area contributed by atoms with Gasteiger partial charge in [0.15, 0.2) is 0 Å². The summed E-state index contributed by atoms with van der Waals surface area (Å²) in [5.41, 5.74) is 0. The van der Waals surface area contributed by atoms with E-state index >= 15 is 0 Å². The maximum atomic E-state index is 11.5. The van der Waals surface area contributed by atoms with E-state index in [4.69, 9.17) is 5.11 Å². The van der Waals surface area contributed by atoms with Gasteiger partial charge in [0, 0.05) is 19.6 Å². The number of nitrogens with one attached hydrogen (secondary N) is 1. The number of piperidine rings is 1. The first-order chi connectivity index (χ1) is 8.88. The van der Waals surface area contributed by atoms with Crippen molar-refractivity contribution in [1.82, 2.24) is 9.62 Å². The zero-order valence-electron chi connectivity index (χ0n) is 11.2. The third-order valence-electron chi connectivity index (χ3n) is 3.94. The van der Waals surface area contributed by atoms with Crippen LogP contribution in [0, 0.1) is 11.8 Å². The van der Waals surface area contributed by atoms with Crippen molar-refractivity contribution < 1.29 is 18.3 Å². The predicted molar refractivity (Wildman–Crippen MR) is 71.3 cm³/mol. The van der Waals surface area contributed by atoms with Crippen LogP contribution in [-0.4, -0.2) is 55.7 Å². The average molecular weight is 290 g/mol. The summed E-state index contributed by atoms with van der Waals surface area (Å²) in [6.45, 7) is 1.67. The topological polar surface area (TPSA) is 86.7 Å². The normalized spacial score (nSPS) is 27.1. The lowest BCUT2D eigenvalue weighted by Gasteiger charge is -2.31. The lowest BCUT2D eigenvalue weighted by Crippen LogP contribution is -2.46. The second-order valence-corrected chi connectivity index (χ2v) is 7.67. The van der Waals surface area contributed by atoms with Gasteiger partial charge in [0.2, 0.25) is 10.0 Å². The summed E-state index contributed by atoms with van der Waals surface area (Å²) >= 11 is 0. The third-order valence-corrected chi connectivity index (χ3v) is 5.21. The Labute approximate surface area is 114 Å². The first-order valence-electron chi connectivity index (χ1n) is 6.79. The Morgan fingerprint density at radius 1 is 1.42 bits per heavy atom. The first kappa shape index (κ1) is 14.7. The second kappa shape index (κ2) is 5.76. The van der Waals surface area contributed by atoms with E-state index in [-0.39, 0.29) is 11.8 Å². The van der Waals surface area contributed by atoms with Gasteiger partial charge in [-0.2, -0.15) is 0 Å². The van der Waals surface area contributed by atoms with Crippen LogP contribution in [0.25, 0.3) is 0 Å². The van der Waals surface area contributed by atoms with Gasteiger partial charge in [-0.25, -0.2) is 12.7 Å². The first-order valence-corrected chi connectivity index (χ1v) is 8.64. The van der Waals surface area contributed by atoms with Gasteiger partial charge in [0.25, 0.3) is 0 Å². The van der Waals surface area contributed by atoms with Crippen LogP contribution in [0.4, 0.5) is 0 Å². The Bertz CT molecular complexity index is 433. The second-order valence-electron chi connectivity index (χ2n) is 5.69. The SMILES string of the molecule is CS(=O)(=O)N1CCCC(CNC(C(=O)O)C2CC2)C1. The fraction of sp³-hybridized carbons (Fsp3) is 0.917. The number of carboxylic acids is 1. The Morgan fingerprint density at radius 2 is 2.11 bits per heavy atom. The molecule has 1 saturated carbocycles. The van der Waals surface area contributed by atoms with Gasteiger partial charge in [-0.05, 0) is 37.5 Å². The van der Waals surface area contributed by atoms with Gasteiger partial charge in [-0.1, -0.05) is 0 Å². The smallest absolute Gasteiger partial charge is 0.320 e. The molecule has 0 aromatic carbocycles. The van der Waals surface area contributed by atoms with Crippen molar-refractivity contribution in [3.05, 3.63) is 0 Å².